The first-order valence-electron chi connectivity index (χ1n) is 13.5. The van der Waals surface area contributed by atoms with E-state index in [2.05, 4.69) is 15.6 Å². The van der Waals surface area contributed by atoms with Crippen LogP contribution in [0.1, 0.15) is 41.9 Å². The van der Waals surface area contributed by atoms with Gasteiger partial charge in [-0.25, -0.2) is 4.68 Å². The van der Waals surface area contributed by atoms with E-state index in [1.807, 2.05) is 18.2 Å². The summed E-state index contributed by atoms with van der Waals surface area (Å²) in [7, 11) is 1.80. The molecule has 0 aliphatic carbocycles. The van der Waals surface area contributed by atoms with Crippen molar-refractivity contribution in [2.75, 3.05) is 24.8 Å². The molecular formula is C29H30N6O6. The zero-order chi connectivity index (χ0) is 28.5. The summed E-state index contributed by atoms with van der Waals surface area (Å²) in [5, 5.41) is 11.3. The monoisotopic (exact) mass is 558 g/mol. The molecule has 0 radical (unpaired) electrons. The van der Waals surface area contributed by atoms with Crippen LogP contribution in [0.4, 0.5) is 5.69 Å². The maximum absolute atomic E-state index is 14.4. The van der Waals surface area contributed by atoms with Crippen LogP contribution in [-0.4, -0.2) is 63.2 Å². The fourth-order valence-corrected chi connectivity index (χ4v) is 5.33. The molecule has 0 unspecified atom stereocenters. The number of Topliss-reactive ketones (excluding diaryl/α,β-unsaturated/α-hetero) is 1. The van der Waals surface area contributed by atoms with E-state index in [1.165, 1.54) is 16.5 Å². The normalized spacial score (nSPS) is 16.6. The first-order valence-corrected chi connectivity index (χ1v) is 13.5. The van der Waals surface area contributed by atoms with Gasteiger partial charge in [-0.05, 0) is 50.1 Å². The van der Waals surface area contributed by atoms with E-state index >= 15 is 0 Å². The van der Waals surface area contributed by atoms with Crippen molar-refractivity contribution in [2.24, 2.45) is 7.05 Å². The van der Waals surface area contributed by atoms with Gasteiger partial charge in [0.05, 0.1) is 23.0 Å². The second kappa shape index (κ2) is 11.0. The number of carbonyl (C=O) groups is 3. The van der Waals surface area contributed by atoms with E-state index < -0.39 is 17.9 Å². The second-order valence-electron chi connectivity index (χ2n) is 10.1. The molecule has 12 nitrogen and oxygen atoms in total. The first kappa shape index (κ1) is 26.5. The molecule has 0 spiro atoms. The highest BCUT2D eigenvalue weighted by atomic mass is 16.7. The minimum atomic E-state index is -1.13. The van der Waals surface area contributed by atoms with Crippen molar-refractivity contribution in [2.45, 2.75) is 38.5 Å². The quantitative estimate of drug-likeness (QED) is 0.311. The molecule has 2 aromatic heterocycles. The van der Waals surface area contributed by atoms with Gasteiger partial charge in [-0.1, -0.05) is 17.3 Å². The van der Waals surface area contributed by atoms with E-state index in [9.17, 15) is 14.4 Å². The second-order valence-corrected chi connectivity index (χ2v) is 10.1. The molecule has 2 aliphatic rings. The molecule has 12 heteroatoms. The SMILES string of the molecule is CC(=O)c1cc2c(cc1N(C(=O)Cn1nnc3ccccc31)[C@H](C(=O)NC[C@@H]1CCCO1)c1cccn1C)OCO2. The zero-order valence-corrected chi connectivity index (χ0v) is 22.8. The van der Waals surface area contributed by atoms with Crippen molar-refractivity contribution >= 4 is 34.3 Å². The minimum Gasteiger partial charge on any atom is -0.454 e. The third kappa shape index (κ3) is 5.13. The number of rotatable bonds is 9. The number of fused-ring (bicyclic) bond motifs is 2. The van der Waals surface area contributed by atoms with Crippen LogP contribution in [-0.2, 0) is 27.9 Å². The maximum atomic E-state index is 14.4. The van der Waals surface area contributed by atoms with Gasteiger partial charge in [0.15, 0.2) is 23.3 Å². The Morgan fingerprint density at radius 2 is 1.93 bits per heavy atom. The largest absolute Gasteiger partial charge is 0.454 e. The molecule has 2 aromatic carbocycles. The fraction of sp³-hybridized carbons (Fsp3) is 0.345. The average Bonchev–Trinajstić information content (AvgIpc) is 3.78. The number of aromatic nitrogens is 4. The number of anilines is 1. The highest BCUT2D eigenvalue weighted by Gasteiger charge is 2.38. The summed E-state index contributed by atoms with van der Waals surface area (Å²) in [6.45, 7) is 2.11. The number of amides is 2. The van der Waals surface area contributed by atoms with Gasteiger partial charge in [0.2, 0.25) is 18.6 Å². The Morgan fingerprint density at radius 3 is 2.66 bits per heavy atom. The summed E-state index contributed by atoms with van der Waals surface area (Å²) in [6, 6.07) is 12.9. The van der Waals surface area contributed by atoms with Gasteiger partial charge in [0.25, 0.3) is 0 Å². The molecule has 2 aliphatic heterocycles. The van der Waals surface area contributed by atoms with Crippen molar-refractivity contribution in [3.05, 3.63) is 66.0 Å². The van der Waals surface area contributed by atoms with Gasteiger partial charge in [-0.3, -0.25) is 19.3 Å². The zero-order valence-electron chi connectivity index (χ0n) is 22.8. The van der Waals surface area contributed by atoms with E-state index in [-0.39, 0.29) is 36.5 Å². The predicted octanol–water partition coefficient (Wildman–Crippen LogP) is 2.77. The fourth-order valence-electron chi connectivity index (χ4n) is 5.33. The lowest BCUT2D eigenvalue weighted by molar-refractivity contribution is -0.127. The molecule has 1 fully saturated rings. The number of carbonyl (C=O) groups excluding carboxylic acids is 3. The van der Waals surface area contributed by atoms with Gasteiger partial charge in [0, 0.05) is 38.0 Å². The number of ketones is 1. The summed E-state index contributed by atoms with van der Waals surface area (Å²) in [5.41, 5.74) is 2.30. The van der Waals surface area contributed by atoms with E-state index in [4.69, 9.17) is 14.2 Å². The van der Waals surface area contributed by atoms with Crippen molar-refractivity contribution in [1.29, 1.82) is 0 Å². The molecule has 6 rings (SSSR count). The van der Waals surface area contributed by atoms with Crippen molar-refractivity contribution < 1.29 is 28.6 Å². The number of nitrogens with one attached hydrogen (secondary N) is 1. The van der Waals surface area contributed by atoms with Crippen LogP contribution in [0.5, 0.6) is 11.5 Å². The van der Waals surface area contributed by atoms with Gasteiger partial charge in [-0.15, -0.1) is 5.10 Å². The molecule has 0 saturated carbocycles. The Hall–Kier alpha value is -4.71. The summed E-state index contributed by atoms with van der Waals surface area (Å²) < 4.78 is 20.1. The van der Waals surface area contributed by atoms with E-state index in [0.717, 1.165) is 12.8 Å². The summed E-state index contributed by atoms with van der Waals surface area (Å²) in [4.78, 5) is 42.7. The molecule has 4 aromatic rings. The van der Waals surface area contributed by atoms with Gasteiger partial charge >= 0.3 is 0 Å². The van der Waals surface area contributed by atoms with Crippen LogP contribution >= 0.6 is 0 Å². The molecular weight excluding hydrogens is 528 g/mol. The third-order valence-electron chi connectivity index (χ3n) is 7.40. The molecule has 1 N–H and O–H groups in total. The highest BCUT2D eigenvalue weighted by molar-refractivity contribution is 6.08. The predicted molar refractivity (Wildman–Crippen MR) is 148 cm³/mol. The smallest absolute Gasteiger partial charge is 0.249 e. The Kier molecular flexibility index (Phi) is 7.14. The molecule has 4 heterocycles. The van der Waals surface area contributed by atoms with Crippen molar-refractivity contribution in [3.8, 4) is 11.5 Å². The first-order chi connectivity index (χ1) is 19.9. The van der Waals surface area contributed by atoms with Crippen molar-refractivity contribution in [3.63, 3.8) is 0 Å². The summed E-state index contributed by atoms with van der Waals surface area (Å²) >= 11 is 0. The number of benzene rings is 2. The Bertz CT molecular complexity index is 1620. The molecule has 0 bridgehead atoms. The van der Waals surface area contributed by atoms with Crippen LogP contribution in [0.2, 0.25) is 0 Å². The Balaban J connectivity index is 1.47. The maximum Gasteiger partial charge on any atom is 0.249 e. The van der Waals surface area contributed by atoms with Crippen LogP contribution in [0.15, 0.2) is 54.7 Å². The Morgan fingerprint density at radius 1 is 1.12 bits per heavy atom. The average molecular weight is 559 g/mol. The summed E-state index contributed by atoms with van der Waals surface area (Å²) in [5.74, 6) is -0.411. The third-order valence-corrected chi connectivity index (χ3v) is 7.40. The summed E-state index contributed by atoms with van der Waals surface area (Å²) in [6.07, 6.45) is 3.47. The number of aryl methyl sites for hydroxylation is 1. The topological polar surface area (TPSA) is 130 Å². The molecule has 2 atom stereocenters. The van der Waals surface area contributed by atoms with Gasteiger partial charge < -0.3 is 24.1 Å². The minimum absolute atomic E-state index is 0.0157. The lowest BCUT2D eigenvalue weighted by Gasteiger charge is -2.33. The molecule has 41 heavy (non-hydrogen) atoms. The number of hydrogen-bond donors (Lipinski definition) is 1. The van der Waals surface area contributed by atoms with Crippen LogP contribution < -0.4 is 19.7 Å². The number of hydrogen-bond acceptors (Lipinski definition) is 8. The van der Waals surface area contributed by atoms with Crippen LogP contribution in [0.25, 0.3) is 11.0 Å². The van der Waals surface area contributed by atoms with E-state index in [0.29, 0.717) is 41.4 Å². The lowest BCUT2D eigenvalue weighted by atomic mass is 10.0. The number of para-hydroxylation sites is 1. The molecule has 212 valence electrons. The molecule has 2 amide bonds. The van der Waals surface area contributed by atoms with Crippen molar-refractivity contribution in [1.82, 2.24) is 24.9 Å². The van der Waals surface area contributed by atoms with Crippen LogP contribution in [0, 0.1) is 0 Å². The molecule has 1 saturated heterocycles. The number of nitrogens with zero attached hydrogens (tertiary/aromatic N) is 5. The standard InChI is InChI=1S/C29H30N6O6/c1-18(36)20-13-25-26(41-17-40-25)14-24(20)35(27(37)16-34-22-9-4-3-8-21(22)31-32-34)28(23-10-5-11-33(23)2)29(38)30-15-19-7-6-12-39-19/h3-5,8-11,13-14,19,28H,6-7,12,15-17H2,1-2H3,(H,30,38)/t19-,28-/m0/s1. The highest BCUT2D eigenvalue weighted by Crippen LogP contribution is 2.41. The lowest BCUT2D eigenvalue weighted by Crippen LogP contribution is -2.47. The number of ether oxygens (including phenoxy) is 3. The Labute approximate surface area is 235 Å². The van der Waals surface area contributed by atoms with Crippen LogP contribution in [0.3, 0.4) is 0 Å². The van der Waals surface area contributed by atoms with Gasteiger partial charge in [0.1, 0.15) is 12.1 Å². The van der Waals surface area contributed by atoms with Gasteiger partial charge in [-0.2, -0.15) is 0 Å². The van der Waals surface area contributed by atoms with E-state index in [1.54, 1.807) is 48.1 Å².